The number of nitrogens with zero attached hydrogens (tertiary/aromatic N) is 2. The molecule has 0 bridgehead atoms. The summed E-state index contributed by atoms with van der Waals surface area (Å²) in [5, 5.41) is 12.2. The number of pyridine rings is 2. The molecule has 1 atom stereocenters. The number of carboxylic acids is 1. The number of hydrogen-bond donors (Lipinski definition) is 2. The minimum Gasteiger partial charge on any atom is -0.478 e. The molecule has 8 heteroatoms. The number of aromatic nitrogens is 2. The third-order valence-corrected chi connectivity index (χ3v) is 5.32. The van der Waals surface area contributed by atoms with E-state index in [0.717, 1.165) is 16.7 Å². The Kier molecular flexibility index (Phi) is 6.85. The van der Waals surface area contributed by atoms with Gasteiger partial charge in [-0.05, 0) is 54.4 Å². The summed E-state index contributed by atoms with van der Waals surface area (Å²) in [5.74, 6) is -0.827. The summed E-state index contributed by atoms with van der Waals surface area (Å²) >= 11 is 6.11. The summed E-state index contributed by atoms with van der Waals surface area (Å²) in [4.78, 5) is 32.5. The molecule has 0 aliphatic heterocycles. The number of carboxylic acid groups (broad SMARTS) is 1. The molecule has 0 spiro atoms. The fourth-order valence-electron chi connectivity index (χ4n) is 3.33. The lowest BCUT2D eigenvalue weighted by atomic mass is 10.1. The minimum atomic E-state index is -1.01. The number of rotatable bonds is 7. The number of ether oxygens (including phenoxy) is 1. The first-order valence-corrected chi connectivity index (χ1v) is 10.8. The van der Waals surface area contributed by atoms with Crippen LogP contribution in [0, 0.1) is 0 Å². The van der Waals surface area contributed by atoms with Crippen molar-refractivity contribution in [1.82, 2.24) is 15.3 Å². The predicted octanol–water partition coefficient (Wildman–Crippen LogP) is 5.78. The number of carbonyl (C=O) groups is 2. The van der Waals surface area contributed by atoms with Gasteiger partial charge in [0.2, 0.25) is 5.88 Å². The Morgan fingerprint density at radius 1 is 1.00 bits per heavy atom. The zero-order valence-electron chi connectivity index (χ0n) is 18.1. The molecule has 2 aromatic heterocycles. The number of amides is 1. The zero-order chi connectivity index (χ0) is 24.1. The van der Waals surface area contributed by atoms with E-state index in [1.807, 2.05) is 30.3 Å². The highest BCUT2D eigenvalue weighted by Gasteiger charge is 2.19. The van der Waals surface area contributed by atoms with Crippen molar-refractivity contribution in [3.8, 4) is 22.8 Å². The van der Waals surface area contributed by atoms with E-state index in [4.69, 9.17) is 21.4 Å². The van der Waals surface area contributed by atoms with Crippen LogP contribution in [0.5, 0.6) is 11.6 Å². The standard InChI is InChI=1S/C26H20ClN3O4/c1-16(17-7-9-18(10-8-17)26(32)33)30-24(31)23-13-21(27)15-29-25(23)34-22-6-2-4-19(12-22)20-5-3-11-28-14-20/h2-16H,1H3,(H,30,31)(H,32,33)/t16-/m0/s1. The van der Waals surface area contributed by atoms with Gasteiger partial charge in [0.25, 0.3) is 5.91 Å². The molecular weight excluding hydrogens is 454 g/mol. The van der Waals surface area contributed by atoms with E-state index in [2.05, 4.69) is 15.3 Å². The summed E-state index contributed by atoms with van der Waals surface area (Å²) in [5.41, 5.74) is 2.93. The highest BCUT2D eigenvalue weighted by molar-refractivity contribution is 6.30. The molecule has 0 aliphatic rings. The highest BCUT2D eigenvalue weighted by atomic mass is 35.5. The third-order valence-electron chi connectivity index (χ3n) is 5.11. The summed E-state index contributed by atoms with van der Waals surface area (Å²) in [6, 6.07) is 18.6. The second-order valence-corrected chi connectivity index (χ2v) is 7.94. The van der Waals surface area contributed by atoms with Crippen LogP contribution in [0.15, 0.2) is 85.3 Å². The number of nitrogens with one attached hydrogen (secondary N) is 1. The average molecular weight is 474 g/mol. The Morgan fingerprint density at radius 3 is 2.47 bits per heavy atom. The Labute approximate surface area is 201 Å². The molecule has 4 aromatic rings. The number of carbonyl (C=O) groups excluding carboxylic acids is 1. The molecule has 170 valence electrons. The molecule has 2 heterocycles. The SMILES string of the molecule is C[C@H](NC(=O)c1cc(Cl)cnc1Oc1cccc(-c2cccnc2)c1)c1ccc(C(=O)O)cc1. The number of halogens is 1. The van der Waals surface area contributed by atoms with Gasteiger partial charge in [0.1, 0.15) is 11.3 Å². The molecule has 34 heavy (non-hydrogen) atoms. The molecule has 7 nitrogen and oxygen atoms in total. The highest BCUT2D eigenvalue weighted by Crippen LogP contribution is 2.29. The van der Waals surface area contributed by atoms with Crippen LogP contribution in [0.2, 0.25) is 5.02 Å². The van der Waals surface area contributed by atoms with Crippen molar-refractivity contribution in [3.05, 3.63) is 107 Å². The van der Waals surface area contributed by atoms with E-state index in [1.54, 1.807) is 37.5 Å². The van der Waals surface area contributed by atoms with Crippen LogP contribution >= 0.6 is 11.6 Å². The van der Waals surface area contributed by atoms with Crippen LogP contribution in [-0.4, -0.2) is 27.0 Å². The maximum absolute atomic E-state index is 13.1. The van der Waals surface area contributed by atoms with Gasteiger partial charge in [-0.3, -0.25) is 9.78 Å². The van der Waals surface area contributed by atoms with E-state index in [9.17, 15) is 9.59 Å². The molecule has 0 saturated heterocycles. The predicted molar refractivity (Wildman–Crippen MR) is 128 cm³/mol. The summed E-state index contributed by atoms with van der Waals surface area (Å²) in [7, 11) is 0. The van der Waals surface area contributed by atoms with Crippen molar-refractivity contribution in [3.63, 3.8) is 0 Å². The first-order chi connectivity index (χ1) is 16.4. The van der Waals surface area contributed by atoms with Crippen molar-refractivity contribution in [2.75, 3.05) is 0 Å². The van der Waals surface area contributed by atoms with E-state index in [0.29, 0.717) is 10.8 Å². The van der Waals surface area contributed by atoms with Gasteiger partial charge in [-0.1, -0.05) is 41.9 Å². The fourth-order valence-corrected chi connectivity index (χ4v) is 3.49. The lowest BCUT2D eigenvalue weighted by Crippen LogP contribution is -2.27. The lowest BCUT2D eigenvalue weighted by molar-refractivity contribution is 0.0696. The summed E-state index contributed by atoms with van der Waals surface area (Å²) < 4.78 is 5.96. The largest absolute Gasteiger partial charge is 0.478 e. The maximum atomic E-state index is 13.1. The van der Waals surface area contributed by atoms with Gasteiger partial charge >= 0.3 is 5.97 Å². The second kappa shape index (κ2) is 10.1. The Morgan fingerprint density at radius 2 is 1.76 bits per heavy atom. The maximum Gasteiger partial charge on any atom is 0.335 e. The van der Waals surface area contributed by atoms with Crippen LogP contribution in [0.3, 0.4) is 0 Å². The van der Waals surface area contributed by atoms with Gasteiger partial charge in [0, 0.05) is 24.2 Å². The van der Waals surface area contributed by atoms with Gasteiger partial charge in [-0.25, -0.2) is 9.78 Å². The number of hydrogen-bond acceptors (Lipinski definition) is 5. The van der Waals surface area contributed by atoms with E-state index >= 15 is 0 Å². The van der Waals surface area contributed by atoms with Gasteiger partial charge < -0.3 is 15.2 Å². The molecule has 2 N–H and O–H groups in total. The quantitative estimate of drug-likeness (QED) is 0.353. The number of benzene rings is 2. The second-order valence-electron chi connectivity index (χ2n) is 7.50. The fraction of sp³-hybridized carbons (Fsp3) is 0.0769. The molecule has 0 aliphatic carbocycles. The van der Waals surface area contributed by atoms with Gasteiger partial charge in [-0.2, -0.15) is 0 Å². The average Bonchev–Trinajstić information content (AvgIpc) is 2.86. The van der Waals surface area contributed by atoms with Crippen LogP contribution in [0.1, 0.15) is 39.2 Å². The van der Waals surface area contributed by atoms with Gasteiger partial charge in [0.15, 0.2) is 0 Å². The molecular formula is C26H20ClN3O4. The molecule has 4 rings (SSSR count). The third kappa shape index (κ3) is 5.39. The minimum absolute atomic E-state index is 0.110. The van der Waals surface area contributed by atoms with Crippen molar-refractivity contribution < 1.29 is 19.4 Å². The molecule has 0 unspecified atom stereocenters. The van der Waals surface area contributed by atoms with Crippen molar-refractivity contribution in [1.29, 1.82) is 0 Å². The van der Waals surface area contributed by atoms with Crippen molar-refractivity contribution in [2.24, 2.45) is 0 Å². The molecule has 0 saturated carbocycles. The normalized spacial score (nSPS) is 11.5. The Hall–Kier alpha value is -4.23. The van der Waals surface area contributed by atoms with Gasteiger partial charge in [-0.15, -0.1) is 0 Å². The molecule has 1 amide bonds. The molecule has 0 radical (unpaired) electrons. The van der Waals surface area contributed by atoms with Crippen LogP contribution in [0.25, 0.3) is 11.1 Å². The van der Waals surface area contributed by atoms with Crippen molar-refractivity contribution >= 4 is 23.5 Å². The Bertz CT molecular complexity index is 1330. The van der Waals surface area contributed by atoms with Crippen LogP contribution in [-0.2, 0) is 0 Å². The van der Waals surface area contributed by atoms with Crippen LogP contribution in [0.4, 0.5) is 0 Å². The smallest absolute Gasteiger partial charge is 0.335 e. The first kappa shape index (κ1) is 22.9. The van der Waals surface area contributed by atoms with E-state index < -0.39 is 17.9 Å². The lowest BCUT2D eigenvalue weighted by Gasteiger charge is -2.16. The first-order valence-electron chi connectivity index (χ1n) is 10.4. The van der Waals surface area contributed by atoms with Crippen molar-refractivity contribution in [2.45, 2.75) is 13.0 Å². The van der Waals surface area contributed by atoms with Crippen LogP contribution < -0.4 is 10.1 Å². The monoisotopic (exact) mass is 473 g/mol. The van der Waals surface area contributed by atoms with E-state index in [1.165, 1.54) is 24.4 Å². The number of aromatic carboxylic acids is 1. The molecule has 0 fully saturated rings. The molecule has 2 aromatic carbocycles. The zero-order valence-corrected chi connectivity index (χ0v) is 18.9. The Balaban J connectivity index is 1.55. The summed E-state index contributed by atoms with van der Waals surface area (Å²) in [6.07, 6.45) is 4.86. The van der Waals surface area contributed by atoms with Gasteiger partial charge in [0.05, 0.1) is 16.6 Å². The summed E-state index contributed by atoms with van der Waals surface area (Å²) in [6.45, 7) is 1.80. The van der Waals surface area contributed by atoms with E-state index in [-0.39, 0.29) is 17.0 Å². The topological polar surface area (TPSA) is 101 Å².